The first kappa shape index (κ1) is 18.7. The van der Waals surface area contributed by atoms with Crippen LogP contribution in [0.1, 0.15) is 33.6 Å². The minimum Gasteiger partial charge on any atom is -0.356 e. The summed E-state index contributed by atoms with van der Waals surface area (Å²) >= 11 is 5.91. The number of nitrogens with zero attached hydrogens (tertiary/aromatic N) is 4. The first-order chi connectivity index (χ1) is 12.2. The Morgan fingerprint density at radius 1 is 1.27 bits per heavy atom. The summed E-state index contributed by atoms with van der Waals surface area (Å²) in [5.74, 6) is 2.08. The van der Waals surface area contributed by atoms with Crippen LogP contribution in [-0.4, -0.2) is 46.7 Å². The van der Waals surface area contributed by atoms with Crippen LogP contribution in [-0.2, 0) is 6.42 Å². The Bertz CT molecular complexity index is 795. The molecule has 0 aliphatic carbocycles. The summed E-state index contributed by atoms with van der Waals surface area (Å²) in [6.07, 6.45) is 0.636. The number of guanidine groups is 1. The van der Waals surface area contributed by atoms with Gasteiger partial charge in [-0.2, -0.15) is 4.98 Å². The molecule has 0 amide bonds. The van der Waals surface area contributed by atoms with Crippen LogP contribution >= 0.6 is 11.6 Å². The molecule has 6 nitrogen and oxygen atoms in total. The van der Waals surface area contributed by atoms with Gasteiger partial charge >= 0.3 is 0 Å². The first-order valence-corrected chi connectivity index (χ1v) is 9.19. The van der Waals surface area contributed by atoms with Crippen molar-refractivity contribution in [3.8, 4) is 11.4 Å². The fraction of sp³-hybridized carbons (Fsp3) is 0.526. The molecule has 1 N–H and O–H groups in total. The SMILES string of the molecule is CN=C(NCCc1nc(-c2ccc(Cl)cc2)no1)N1CC(C)(C)C1(C)C. The van der Waals surface area contributed by atoms with E-state index in [1.54, 1.807) is 0 Å². The molecule has 1 saturated heterocycles. The lowest BCUT2D eigenvalue weighted by Crippen LogP contribution is -2.72. The molecular formula is C19H26ClN5O. The summed E-state index contributed by atoms with van der Waals surface area (Å²) < 4.78 is 5.35. The molecule has 1 aromatic carbocycles. The number of likely N-dealkylation sites (tertiary alicyclic amines) is 1. The molecule has 2 heterocycles. The Hall–Kier alpha value is -2.08. The minimum absolute atomic E-state index is 0.0705. The van der Waals surface area contributed by atoms with Crippen molar-refractivity contribution in [1.29, 1.82) is 0 Å². The third-order valence-electron chi connectivity index (χ3n) is 5.54. The molecule has 0 unspecified atom stereocenters. The van der Waals surface area contributed by atoms with Gasteiger partial charge in [-0.3, -0.25) is 4.99 Å². The van der Waals surface area contributed by atoms with E-state index < -0.39 is 0 Å². The highest BCUT2D eigenvalue weighted by Crippen LogP contribution is 2.46. The molecule has 0 saturated carbocycles. The minimum atomic E-state index is 0.0705. The van der Waals surface area contributed by atoms with Crippen molar-refractivity contribution >= 4 is 17.6 Å². The van der Waals surface area contributed by atoms with Crippen LogP contribution < -0.4 is 5.32 Å². The van der Waals surface area contributed by atoms with E-state index in [9.17, 15) is 0 Å². The fourth-order valence-corrected chi connectivity index (χ4v) is 3.18. The van der Waals surface area contributed by atoms with Gasteiger partial charge in [-0.25, -0.2) is 0 Å². The van der Waals surface area contributed by atoms with Gasteiger partial charge in [0.15, 0.2) is 5.96 Å². The van der Waals surface area contributed by atoms with Crippen LogP contribution in [0.5, 0.6) is 0 Å². The summed E-state index contributed by atoms with van der Waals surface area (Å²) in [6, 6.07) is 7.39. The van der Waals surface area contributed by atoms with Gasteiger partial charge in [0.05, 0.1) is 0 Å². The highest BCUT2D eigenvalue weighted by atomic mass is 35.5. The van der Waals surface area contributed by atoms with Gasteiger partial charge in [-0.1, -0.05) is 30.6 Å². The van der Waals surface area contributed by atoms with E-state index in [1.165, 1.54) is 0 Å². The normalized spacial score (nSPS) is 18.5. The third-order valence-corrected chi connectivity index (χ3v) is 5.80. The monoisotopic (exact) mass is 375 g/mol. The zero-order valence-corrected chi connectivity index (χ0v) is 16.8. The molecular weight excluding hydrogens is 350 g/mol. The van der Waals surface area contributed by atoms with Crippen molar-refractivity contribution in [1.82, 2.24) is 20.4 Å². The molecule has 0 atom stereocenters. The molecule has 1 aliphatic rings. The standard InChI is InChI=1S/C19H26ClN5O/c1-18(2)12-25(19(18,3)4)17(21-5)22-11-10-15-23-16(24-26-15)13-6-8-14(20)9-7-13/h6-9H,10-12H2,1-5H3,(H,21,22). The molecule has 26 heavy (non-hydrogen) atoms. The van der Waals surface area contributed by atoms with E-state index in [-0.39, 0.29) is 11.0 Å². The topological polar surface area (TPSA) is 66.5 Å². The van der Waals surface area contributed by atoms with E-state index in [4.69, 9.17) is 16.1 Å². The van der Waals surface area contributed by atoms with Crippen LogP contribution in [0.25, 0.3) is 11.4 Å². The Morgan fingerprint density at radius 2 is 1.96 bits per heavy atom. The number of halogens is 1. The van der Waals surface area contributed by atoms with Crippen molar-refractivity contribution < 1.29 is 4.52 Å². The zero-order valence-electron chi connectivity index (χ0n) is 16.0. The van der Waals surface area contributed by atoms with E-state index >= 15 is 0 Å². The van der Waals surface area contributed by atoms with Gasteiger partial charge in [0.2, 0.25) is 11.7 Å². The summed E-state index contributed by atoms with van der Waals surface area (Å²) in [5.41, 5.74) is 1.23. The van der Waals surface area contributed by atoms with E-state index in [2.05, 4.69) is 53.0 Å². The maximum atomic E-state index is 5.91. The second-order valence-corrected chi connectivity index (χ2v) is 8.21. The van der Waals surface area contributed by atoms with E-state index in [1.807, 2.05) is 31.3 Å². The van der Waals surface area contributed by atoms with Crippen LogP contribution in [0.15, 0.2) is 33.8 Å². The number of aliphatic imine (C=N–C) groups is 1. The molecule has 3 rings (SSSR count). The maximum absolute atomic E-state index is 5.91. The predicted octanol–water partition coefficient (Wildman–Crippen LogP) is 3.63. The summed E-state index contributed by atoms with van der Waals surface area (Å²) in [6.45, 7) is 10.7. The van der Waals surface area contributed by atoms with E-state index in [0.29, 0.717) is 29.7 Å². The van der Waals surface area contributed by atoms with Gasteiger partial charge in [0.25, 0.3) is 0 Å². The summed E-state index contributed by atoms with van der Waals surface area (Å²) in [5, 5.41) is 8.13. The van der Waals surface area contributed by atoms with Crippen molar-refractivity contribution in [3.63, 3.8) is 0 Å². The molecule has 1 aromatic heterocycles. The summed E-state index contributed by atoms with van der Waals surface area (Å²) in [4.78, 5) is 11.2. The van der Waals surface area contributed by atoms with Crippen LogP contribution in [0.3, 0.4) is 0 Å². The molecule has 2 aromatic rings. The Balaban J connectivity index is 1.56. The van der Waals surface area contributed by atoms with Crippen molar-refractivity contribution in [2.24, 2.45) is 10.4 Å². The highest BCUT2D eigenvalue weighted by Gasteiger charge is 2.53. The predicted molar refractivity (Wildman–Crippen MR) is 104 cm³/mol. The molecule has 7 heteroatoms. The van der Waals surface area contributed by atoms with Crippen LogP contribution in [0.2, 0.25) is 5.02 Å². The van der Waals surface area contributed by atoms with Crippen molar-refractivity contribution in [2.75, 3.05) is 20.1 Å². The summed E-state index contributed by atoms with van der Waals surface area (Å²) in [7, 11) is 1.81. The van der Waals surface area contributed by atoms with Crippen LogP contribution in [0, 0.1) is 5.41 Å². The number of benzene rings is 1. The average Bonchev–Trinajstić information content (AvgIpc) is 3.06. The molecule has 0 spiro atoms. The molecule has 1 fully saturated rings. The van der Waals surface area contributed by atoms with E-state index in [0.717, 1.165) is 18.1 Å². The average molecular weight is 376 g/mol. The quantitative estimate of drug-likeness (QED) is 0.653. The fourth-order valence-electron chi connectivity index (χ4n) is 3.05. The lowest BCUT2D eigenvalue weighted by atomic mass is 9.65. The third kappa shape index (κ3) is 3.43. The number of nitrogens with one attached hydrogen (secondary N) is 1. The van der Waals surface area contributed by atoms with Crippen molar-refractivity contribution in [2.45, 2.75) is 39.7 Å². The lowest BCUT2D eigenvalue weighted by molar-refractivity contribution is -0.0667. The number of aromatic nitrogens is 2. The van der Waals surface area contributed by atoms with Gasteiger partial charge in [0.1, 0.15) is 0 Å². The Kier molecular flexibility index (Phi) is 4.97. The molecule has 1 aliphatic heterocycles. The zero-order chi connectivity index (χ0) is 18.9. The van der Waals surface area contributed by atoms with Gasteiger partial charge in [-0.15, -0.1) is 0 Å². The number of hydrogen-bond acceptors (Lipinski definition) is 4. The maximum Gasteiger partial charge on any atom is 0.228 e. The number of hydrogen-bond donors (Lipinski definition) is 1. The Labute approximate surface area is 159 Å². The van der Waals surface area contributed by atoms with Crippen molar-refractivity contribution in [3.05, 3.63) is 35.2 Å². The Morgan fingerprint density at radius 3 is 2.54 bits per heavy atom. The second kappa shape index (κ2) is 6.91. The molecule has 140 valence electrons. The smallest absolute Gasteiger partial charge is 0.228 e. The molecule has 0 bridgehead atoms. The molecule has 0 radical (unpaired) electrons. The van der Waals surface area contributed by atoms with Gasteiger partial charge in [-0.05, 0) is 38.1 Å². The highest BCUT2D eigenvalue weighted by molar-refractivity contribution is 6.30. The van der Waals surface area contributed by atoms with Gasteiger partial charge < -0.3 is 14.7 Å². The van der Waals surface area contributed by atoms with Gasteiger partial charge in [0, 0.05) is 48.1 Å². The number of rotatable bonds is 4. The largest absolute Gasteiger partial charge is 0.356 e. The lowest BCUT2D eigenvalue weighted by Gasteiger charge is -2.62. The second-order valence-electron chi connectivity index (χ2n) is 7.77. The first-order valence-electron chi connectivity index (χ1n) is 8.81. The van der Waals surface area contributed by atoms with Crippen LogP contribution in [0.4, 0.5) is 0 Å².